The van der Waals surface area contributed by atoms with Crippen molar-refractivity contribution >= 4 is 17.7 Å². The number of carbonyl (C=O) groups excluding carboxylic acids is 3. The molecule has 2 aromatic rings. The maximum absolute atomic E-state index is 13.2. The average molecular weight is 453 g/mol. The molecule has 5 N–H and O–H groups in total. The summed E-state index contributed by atoms with van der Waals surface area (Å²) in [6.45, 7) is 4.35. The molecule has 0 spiro atoms. The molecule has 0 bridgehead atoms. The maximum atomic E-state index is 13.2. The lowest BCUT2D eigenvalue weighted by Gasteiger charge is -2.24. The van der Waals surface area contributed by atoms with Crippen LogP contribution in [0.15, 0.2) is 60.7 Å². The molecule has 0 heterocycles. The number of nitrogens with two attached hydrogens (primary N) is 1. The lowest BCUT2D eigenvalue weighted by atomic mass is 10.0. The topological polar surface area (TPSA) is 113 Å². The quantitative estimate of drug-likeness (QED) is 0.373. The third-order valence-corrected chi connectivity index (χ3v) is 5.38. The van der Waals surface area contributed by atoms with Crippen LogP contribution >= 0.6 is 0 Å². The van der Waals surface area contributed by atoms with Gasteiger partial charge in [0.2, 0.25) is 17.7 Å². The molecular weight excluding hydrogens is 416 g/mol. The summed E-state index contributed by atoms with van der Waals surface area (Å²) >= 11 is 0. The molecule has 0 aromatic heterocycles. The van der Waals surface area contributed by atoms with Crippen LogP contribution in [0.3, 0.4) is 0 Å². The van der Waals surface area contributed by atoms with Gasteiger partial charge in [-0.05, 0) is 30.9 Å². The molecule has 2 unspecified atom stereocenters. The summed E-state index contributed by atoms with van der Waals surface area (Å²) in [4.78, 5) is 38.5. The molecule has 3 amide bonds. The zero-order chi connectivity index (χ0) is 24.1. The third kappa shape index (κ3) is 9.06. The average Bonchev–Trinajstić information content (AvgIpc) is 2.82. The predicted octanol–water partition coefficient (Wildman–Crippen LogP) is 2.10. The first kappa shape index (κ1) is 26.1. The van der Waals surface area contributed by atoms with E-state index in [-0.39, 0.29) is 5.91 Å². The van der Waals surface area contributed by atoms with Crippen molar-refractivity contribution in [3.05, 3.63) is 71.8 Å². The fourth-order valence-electron chi connectivity index (χ4n) is 3.55. The molecule has 7 nitrogen and oxygen atoms in total. The number of hydrogen-bond acceptors (Lipinski definition) is 4. The number of hydrogen-bond donors (Lipinski definition) is 4. The van der Waals surface area contributed by atoms with Crippen LogP contribution in [0.5, 0.6) is 0 Å². The lowest BCUT2D eigenvalue weighted by Crippen LogP contribution is -2.56. The molecule has 2 rings (SSSR count). The van der Waals surface area contributed by atoms with Gasteiger partial charge in [-0.25, -0.2) is 0 Å². The van der Waals surface area contributed by atoms with Crippen LogP contribution < -0.4 is 21.7 Å². The minimum Gasteiger partial charge on any atom is -0.355 e. The number of carbonyl (C=O) groups is 3. The Bertz CT molecular complexity index is 874. The molecule has 0 aliphatic heterocycles. The van der Waals surface area contributed by atoms with Crippen molar-refractivity contribution in [1.82, 2.24) is 16.0 Å². The summed E-state index contributed by atoms with van der Waals surface area (Å²) in [5.41, 5.74) is 7.98. The standard InChI is InChI=1S/C26H36N4O3/c1-3-5-16-22(25(32)28-4-2)29-26(33)23(18-20-14-10-7-11-15-20)30-24(31)21(27)17-19-12-8-6-9-13-19/h6-15,21-23H,3-5,16-18,27H2,1-2H3,(H,28,32)(H,29,33)(H,30,31)/t21?,22?,23-/m1/s1. The van der Waals surface area contributed by atoms with Crippen LogP contribution in [0.25, 0.3) is 0 Å². The minimum absolute atomic E-state index is 0.218. The summed E-state index contributed by atoms with van der Waals surface area (Å²) in [6.07, 6.45) is 2.91. The Hall–Kier alpha value is -3.19. The Balaban J connectivity index is 2.13. The molecule has 3 atom stereocenters. The lowest BCUT2D eigenvalue weighted by molar-refractivity contribution is -0.132. The minimum atomic E-state index is -0.847. The summed E-state index contributed by atoms with van der Waals surface area (Å²) < 4.78 is 0. The Morgan fingerprint density at radius 1 is 0.758 bits per heavy atom. The van der Waals surface area contributed by atoms with Crippen LogP contribution in [0.4, 0.5) is 0 Å². The second-order valence-corrected chi connectivity index (χ2v) is 8.15. The van der Waals surface area contributed by atoms with Gasteiger partial charge in [0.05, 0.1) is 6.04 Å². The fourth-order valence-corrected chi connectivity index (χ4v) is 3.55. The summed E-state index contributed by atoms with van der Waals surface area (Å²) in [7, 11) is 0. The highest BCUT2D eigenvalue weighted by molar-refractivity contribution is 5.93. The van der Waals surface area contributed by atoms with Crippen LogP contribution in [0.1, 0.15) is 44.2 Å². The Morgan fingerprint density at radius 3 is 1.85 bits per heavy atom. The fraction of sp³-hybridized carbons (Fsp3) is 0.423. The molecule has 0 radical (unpaired) electrons. The first-order valence-electron chi connectivity index (χ1n) is 11.7. The van der Waals surface area contributed by atoms with Crippen molar-refractivity contribution < 1.29 is 14.4 Å². The Morgan fingerprint density at radius 2 is 1.30 bits per heavy atom. The molecule has 0 aliphatic rings. The maximum Gasteiger partial charge on any atom is 0.243 e. The first-order chi connectivity index (χ1) is 15.9. The van der Waals surface area contributed by atoms with Gasteiger partial charge in [0.15, 0.2) is 0 Å². The number of benzene rings is 2. The third-order valence-electron chi connectivity index (χ3n) is 5.38. The highest BCUT2D eigenvalue weighted by Crippen LogP contribution is 2.08. The Labute approximate surface area is 196 Å². The molecule has 178 valence electrons. The van der Waals surface area contributed by atoms with Gasteiger partial charge in [-0.15, -0.1) is 0 Å². The van der Waals surface area contributed by atoms with E-state index in [0.29, 0.717) is 25.8 Å². The summed E-state index contributed by atoms with van der Waals surface area (Å²) in [5, 5.41) is 8.43. The molecular formula is C26H36N4O3. The monoisotopic (exact) mass is 452 g/mol. The van der Waals surface area contributed by atoms with E-state index in [4.69, 9.17) is 5.73 Å². The largest absolute Gasteiger partial charge is 0.355 e. The van der Waals surface area contributed by atoms with E-state index >= 15 is 0 Å². The van der Waals surface area contributed by atoms with Crippen LogP contribution in [0, 0.1) is 0 Å². The molecule has 33 heavy (non-hydrogen) atoms. The van der Waals surface area contributed by atoms with E-state index in [0.717, 1.165) is 24.0 Å². The van der Waals surface area contributed by atoms with E-state index < -0.39 is 29.9 Å². The summed E-state index contributed by atoms with van der Waals surface area (Å²) in [6, 6.07) is 16.7. The van der Waals surface area contributed by atoms with Crippen LogP contribution in [-0.2, 0) is 27.2 Å². The highest BCUT2D eigenvalue weighted by Gasteiger charge is 2.28. The normalized spacial score (nSPS) is 13.4. The smallest absolute Gasteiger partial charge is 0.243 e. The van der Waals surface area contributed by atoms with Crippen molar-refractivity contribution in [3.8, 4) is 0 Å². The van der Waals surface area contributed by atoms with Crippen molar-refractivity contribution in [3.63, 3.8) is 0 Å². The molecule has 0 saturated heterocycles. The molecule has 0 saturated carbocycles. The van der Waals surface area contributed by atoms with Gasteiger partial charge in [0.1, 0.15) is 12.1 Å². The second-order valence-electron chi connectivity index (χ2n) is 8.15. The number of likely N-dealkylation sites (N-methyl/N-ethyl adjacent to an activating group) is 1. The zero-order valence-corrected chi connectivity index (χ0v) is 19.6. The predicted molar refractivity (Wildman–Crippen MR) is 130 cm³/mol. The van der Waals surface area contributed by atoms with Crippen molar-refractivity contribution in [2.75, 3.05) is 6.54 Å². The Kier molecular flexibility index (Phi) is 11.1. The number of rotatable bonds is 13. The second kappa shape index (κ2) is 14.1. The summed E-state index contributed by atoms with van der Waals surface area (Å²) in [5.74, 6) is -1.02. The van der Waals surface area contributed by atoms with Crippen LogP contribution in [-0.4, -0.2) is 42.4 Å². The van der Waals surface area contributed by atoms with Gasteiger partial charge < -0.3 is 21.7 Å². The molecule has 2 aromatic carbocycles. The molecule has 0 fully saturated rings. The van der Waals surface area contributed by atoms with Gasteiger partial charge >= 0.3 is 0 Å². The van der Waals surface area contributed by atoms with Gasteiger partial charge in [0.25, 0.3) is 0 Å². The highest BCUT2D eigenvalue weighted by atomic mass is 16.2. The number of nitrogens with one attached hydrogen (secondary N) is 3. The van der Waals surface area contributed by atoms with Crippen molar-refractivity contribution in [1.29, 1.82) is 0 Å². The van der Waals surface area contributed by atoms with Gasteiger partial charge in [-0.3, -0.25) is 14.4 Å². The molecule has 7 heteroatoms. The van der Waals surface area contributed by atoms with E-state index in [2.05, 4.69) is 16.0 Å². The van der Waals surface area contributed by atoms with E-state index in [1.807, 2.05) is 74.5 Å². The van der Waals surface area contributed by atoms with E-state index in [1.165, 1.54) is 0 Å². The number of unbranched alkanes of at least 4 members (excludes halogenated alkanes) is 1. The van der Waals surface area contributed by atoms with Gasteiger partial charge in [-0.1, -0.05) is 80.4 Å². The van der Waals surface area contributed by atoms with Crippen molar-refractivity contribution in [2.24, 2.45) is 5.73 Å². The van der Waals surface area contributed by atoms with Gasteiger partial charge in [-0.2, -0.15) is 0 Å². The number of amides is 3. The first-order valence-corrected chi connectivity index (χ1v) is 11.7. The van der Waals surface area contributed by atoms with E-state index in [1.54, 1.807) is 0 Å². The van der Waals surface area contributed by atoms with Gasteiger partial charge in [0, 0.05) is 13.0 Å². The van der Waals surface area contributed by atoms with Crippen molar-refractivity contribution in [2.45, 2.75) is 64.1 Å². The SMILES string of the molecule is CCCCC(NC(=O)[C@@H](Cc1ccccc1)NC(=O)C(N)Cc1ccccc1)C(=O)NCC. The molecule has 0 aliphatic carbocycles. The zero-order valence-electron chi connectivity index (χ0n) is 19.6. The van der Waals surface area contributed by atoms with E-state index in [9.17, 15) is 14.4 Å². The van der Waals surface area contributed by atoms with Crippen LogP contribution in [0.2, 0.25) is 0 Å².